The fourth-order valence-electron chi connectivity index (χ4n) is 1.75. The Kier molecular flexibility index (Phi) is 4.15. The van der Waals surface area contributed by atoms with Gasteiger partial charge in [0.1, 0.15) is 0 Å². The molecule has 2 rings (SSSR count). The second-order valence-electron chi connectivity index (χ2n) is 4.03. The summed E-state index contributed by atoms with van der Waals surface area (Å²) >= 11 is 6.41. The van der Waals surface area contributed by atoms with Gasteiger partial charge in [0.05, 0.1) is 17.1 Å². The molecule has 2 unspecified atom stereocenters. The van der Waals surface area contributed by atoms with Crippen molar-refractivity contribution in [3.05, 3.63) is 27.1 Å². The van der Waals surface area contributed by atoms with E-state index in [4.69, 9.17) is 0 Å². The summed E-state index contributed by atoms with van der Waals surface area (Å²) < 4.78 is 26.9. The minimum absolute atomic E-state index is 0.0948. The summed E-state index contributed by atoms with van der Waals surface area (Å²) in [6.45, 7) is -0.190. The Labute approximate surface area is 122 Å². The number of β-amino-alcohol motifs (C(OH)–C–C–N with tert-alkyl or cyclic N) is 2. The van der Waals surface area contributed by atoms with Gasteiger partial charge >= 0.3 is 0 Å². The Hall–Kier alpha value is 0.01000. The number of rotatable bonds is 2. The van der Waals surface area contributed by atoms with Crippen molar-refractivity contribution in [1.29, 1.82) is 0 Å². The van der Waals surface area contributed by atoms with Crippen molar-refractivity contribution in [2.24, 2.45) is 0 Å². The molecule has 0 aromatic heterocycles. The molecule has 2 atom stereocenters. The number of aliphatic hydroxyl groups is 2. The number of halogens is 2. The van der Waals surface area contributed by atoms with Crippen LogP contribution in [0.25, 0.3) is 0 Å². The summed E-state index contributed by atoms with van der Waals surface area (Å²) in [4.78, 5) is 0.109. The highest BCUT2D eigenvalue weighted by molar-refractivity contribution is 9.11. The highest BCUT2D eigenvalue weighted by atomic mass is 79.9. The van der Waals surface area contributed by atoms with Gasteiger partial charge in [-0.3, -0.25) is 0 Å². The van der Waals surface area contributed by atoms with E-state index < -0.39 is 22.2 Å². The van der Waals surface area contributed by atoms with Crippen LogP contribution in [0.1, 0.15) is 0 Å². The van der Waals surface area contributed by atoms with E-state index in [-0.39, 0.29) is 18.0 Å². The lowest BCUT2D eigenvalue weighted by Crippen LogP contribution is -2.30. The van der Waals surface area contributed by atoms with Crippen LogP contribution < -0.4 is 0 Å². The van der Waals surface area contributed by atoms with E-state index in [1.807, 2.05) is 0 Å². The van der Waals surface area contributed by atoms with Crippen LogP contribution in [-0.4, -0.2) is 48.2 Å². The van der Waals surface area contributed by atoms with E-state index in [0.29, 0.717) is 8.95 Å². The molecule has 1 saturated heterocycles. The van der Waals surface area contributed by atoms with Crippen LogP contribution >= 0.6 is 31.9 Å². The second kappa shape index (κ2) is 5.18. The zero-order valence-corrected chi connectivity index (χ0v) is 13.1. The molecule has 1 aliphatic heterocycles. The van der Waals surface area contributed by atoms with E-state index in [9.17, 15) is 18.6 Å². The first-order valence-electron chi connectivity index (χ1n) is 5.13. The number of hydrogen-bond acceptors (Lipinski definition) is 4. The molecule has 1 fully saturated rings. The van der Waals surface area contributed by atoms with Crippen molar-refractivity contribution in [3.63, 3.8) is 0 Å². The number of benzene rings is 1. The molecule has 0 saturated carbocycles. The first-order valence-corrected chi connectivity index (χ1v) is 8.16. The summed E-state index contributed by atoms with van der Waals surface area (Å²) in [6.07, 6.45) is -2.07. The lowest BCUT2D eigenvalue weighted by atomic mass is 10.3. The van der Waals surface area contributed by atoms with Crippen LogP contribution in [0.2, 0.25) is 0 Å². The average Bonchev–Trinajstić information content (AvgIpc) is 2.63. The smallest absolute Gasteiger partial charge is 0.244 e. The summed E-state index contributed by atoms with van der Waals surface area (Å²) in [5.74, 6) is 0. The molecule has 0 spiro atoms. The van der Waals surface area contributed by atoms with Gasteiger partial charge in [-0.2, -0.15) is 4.31 Å². The van der Waals surface area contributed by atoms with Gasteiger partial charge in [0.15, 0.2) is 0 Å². The largest absolute Gasteiger partial charge is 0.389 e. The minimum atomic E-state index is -3.72. The number of sulfonamides is 1. The molecule has 1 aromatic carbocycles. The topological polar surface area (TPSA) is 77.8 Å². The summed E-state index contributed by atoms with van der Waals surface area (Å²) in [5, 5.41) is 18.9. The molecular weight excluding hydrogens is 390 g/mol. The molecule has 1 aromatic rings. The SMILES string of the molecule is O=S(=O)(c1cc(Br)ccc1Br)N1CC(O)C(O)C1. The Bertz CT molecular complexity index is 553. The molecule has 1 heterocycles. The van der Waals surface area contributed by atoms with Crippen molar-refractivity contribution in [1.82, 2.24) is 4.31 Å². The molecule has 18 heavy (non-hydrogen) atoms. The molecule has 0 bridgehead atoms. The van der Waals surface area contributed by atoms with Gasteiger partial charge in [0.2, 0.25) is 10.0 Å². The first-order chi connectivity index (χ1) is 8.32. The van der Waals surface area contributed by atoms with E-state index in [0.717, 1.165) is 4.31 Å². The quantitative estimate of drug-likeness (QED) is 0.774. The van der Waals surface area contributed by atoms with Crippen LogP contribution in [0.3, 0.4) is 0 Å². The van der Waals surface area contributed by atoms with Crippen LogP contribution in [-0.2, 0) is 10.0 Å². The summed E-state index contributed by atoms with van der Waals surface area (Å²) in [6, 6.07) is 4.83. The number of nitrogens with zero attached hydrogens (tertiary/aromatic N) is 1. The third-order valence-electron chi connectivity index (χ3n) is 2.74. The number of aliphatic hydroxyl groups excluding tert-OH is 2. The van der Waals surface area contributed by atoms with E-state index in [1.54, 1.807) is 12.1 Å². The first kappa shape index (κ1) is 14.4. The molecule has 2 N–H and O–H groups in total. The van der Waals surface area contributed by atoms with Crippen molar-refractivity contribution < 1.29 is 18.6 Å². The Balaban J connectivity index is 2.40. The van der Waals surface area contributed by atoms with E-state index >= 15 is 0 Å². The normalized spacial score (nSPS) is 25.6. The molecule has 100 valence electrons. The third kappa shape index (κ3) is 2.63. The van der Waals surface area contributed by atoms with Crippen molar-refractivity contribution in [2.45, 2.75) is 17.1 Å². The highest BCUT2D eigenvalue weighted by Crippen LogP contribution is 2.30. The lowest BCUT2D eigenvalue weighted by molar-refractivity contribution is 0.0572. The Morgan fingerprint density at radius 2 is 1.72 bits per heavy atom. The van der Waals surface area contributed by atoms with Crippen LogP contribution in [0.5, 0.6) is 0 Å². The maximum atomic E-state index is 12.4. The Morgan fingerprint density at radius 3 is 2.28 bits per heavy atom. The van der Waals surface area contributed by atoms with Gasteiger partial charge in [-0.1, -0.05) is 15.9 Å². The molecule has 8 heteroatoms. The summed E-state index contributed by atoms with van der Waals surface area (Å²) in [5.41, 5.74) is 0. The molecule has 0 radical (unpaired) electrons. The predicted molar refractivity (Wildman–Crippen MR) is 72.6 cm³/mol. The Morgan fingerprint density at radius 1 is 1.17 bits per heavy atom. The molecule has 1 aliphatic rings. The second-order valence-corrected chi connectivity index (χ2v) is 7.71. The van der Waals surface area contributed by atoms with Gasteiger partial charge in [-0.25, -0.2) is 8.42 Å². The van der Waals surface area contributed by atoms with Crippen molar-refractivity contribution in [2.75, 3.05) is 13.1 Å². The molecule has 0 amide bonds. The average molecular weight is 401 g/mol. The fraction of sp³-hybridized carbons (Fsp3) is 0.400. The molecule has 5 nitrogen and oxygen atoms in total. The van der Waals surface area contributed by atoms with Crippen LogP contribution in [0, 0.1) is 0 Å². The standard InChI is InChI=1S/C10H11Br2NO4S/c11-6-1-2-7(12)10(3-6)18(16,17)13-4-8(14)9(15)5-13/h1-3,8-9,14-15H,4-5H2. The monoisotopic (exact) mass is 399 g/mol. The maximum absolute atomic E-state index is 12.4. The van der Waals surface area contributed by atoms with Crippen LogP contribution in [0.4, 0.5) is 0 Å². The van der Waals surface area contributed by atoms with Gasteiger partial charge < -0.3 is 10.2 Å². The van der Waals surface area contributed by atoms with Gasteiger partial charge in [0, 0.05) is 22.0 Å². The maximum Gasteiger partial charge on any atom is 0.244 e. The van der Waals surface area contributed by atoms with Crippen molar-refractivity contribution >= 4 is 41.9 Å². The van der Waals surface area contributed by atoms with Gasteiger partial charge in [-0.05, 0) is 34.1 Å². The van der Waals surface area contributed by atoms with Gasteiger partial charge in [-0.15, -0.1) is 0 Å². The van der Waals surface area contributed by atoms with Crippen LogP contribution in [0.15, 0.2) is 32.0 Å². The molecular formula is C10H11Br2NO4S. The van der Waals surface area contributed by atoms with Crippen molar-refractivity contribution in [3.8, 4) is 0 Å². The molecule has 0 aliphatic carbocycles. The fourth-order valence-corrected chi connectivity index (χ4v) is 4.68. The minimum Gasteiger partial charge on any atom is -0.389 e. The summed E-state index contributed by atoms with van der Waals surface area (Å²) in [7, 11) is -3.72. The zero-order chi connectivity index (χ0) is 13.5. The predicted octanol–water partition coefficient (Wildman–Crippen LogP) is 0.938. The third-order valence-corrected chi connectivity index (χ3v) is 6.06. The van der Waals surface area contributed by atoms with E-state index in [2.05, 4.69) is 31.9 Å². The zero-order valence-electron chi connectivity index (χ0n) is 9.12. The van der Waals surface area contributed by atoms with E-state index in [1.165, 1.54) is 6.07 Å². The van der Waals surface area contributed by atoms with Gasteiger partial charge in [0.25, 0.3) is 0 Å². The lowest BCUT2D eigenvalue weighted by Gasteiger charge is -2.16. The number of hydrogen-bond donors (Lipinski definition) is 2. The highest BCUT2D eigenvalue weighted by Gasteiger charge is 2.38.